The first kappa shape index (κ1) is 17.5. The molecule has 0 aromatic heterocycles. The molecule has 0 spiro atoms. The molecule has 1 amide bonds. The van der Waals surface area contributed by atoms with Crippen LogP contribution >= 0.6 is 15.9 Å². The van der Waals surface area contributed by atoms with Crippen molar-refractivity contribution in [2.24, 2.45) is 0 Å². The molecule has 0 atom stereocenters. The molecule has 0 radical (unpaired) electrons. The second kappa shape index (κ2) is 8.73. The molecule has 0 saturated heterocycles. The predicted molar refractivity (Wildman–Crippen MR) is 97.0 cm³/mol. The summed E-state index contributed by atoms with van der Waals surface area (Å²) in [7, 11) is 0. The highest BCUT2D eigenvalue weighted by Gasteiger charge is 2.04. The summed E-state index contributed by atoms with van der Waals surface area (Å²) < 4.78 is 6.59. The van der Waals surface area contributed by atoms with Crippen LogP contribution in [-0.2, 0) is 6.42 Å². The summed E-state index contributed by atoms with van der Waals surface area (Å²) in [6, 6.07) is 15.5. The van der Waals surface area contributed by atoms with E-state index in [1.54, 1.807) is 0 Å². The second-order valence-electron chi connectivity index (χ2n) is 5.68. The van der Waals surface area contributed by atoms with Crippen LogP contribution in [0.15, 0.2) is 53.0 Å². The van der Waals surface area contributed by atoms with Crippen molar-refractivity contribution in [3.05, 3.63) is 64.1 Å². The molecule has 0 aliphatic carbocycles. The first-order valence-electron chi connectivity index (χ1n) is 7.84. The summed E-state index contributed by atoms with van der Waals surface area (Å²) in [5.41, 5.74) is 1.93. The first-order valence-corrected chi connectivity index (χ1v) is 8.63. The van der Waals surface area contributed by atoms with E-state index in [-0.39, 0.29) is 12.0 Å². The van der Waals surface area contributed by atoms with Crippen LogP contribution in [0.1, 0.15) is 36.2 Å². The highest BCUT2D eigenvalue weighted by atomic mass is 79.9. The number of carbonyl (C=O) groups is 1. The molecule has 0 saturated carbocycles. The van der Waals surface area contributed by atoms with Gasteiger partial charge in [-0.1, -0.05) is 28.1 Å². The maximum Gasteiger partial charge on any atom is 0.251 e. The van der Waals surface area contributed by atoms with E-state index in [0.717, 1.165) is 23.1 Å². The van der Waals surface area contributed by atoms with Crippen LogP contribution in [0.2, 0.25) is 0 Å². The molecule has 23 heavy (non-hydrogen) atoms. The Bertz CT molecular complexity index is 621. The van der Waals surface area contributed by atoms with Gasteiger partial charge in [-0.2, -0.15) is 0 Å². The Labute approximate surface area is 146 Å². The zero-order valence-electron chi connectivity index (χ0n) is 13.5. The largest absolute Gasteiger partial charge is 0.491 e. The lowest BCUT2D eigenvalue weighted by molar-refractivity contribution is 0.0953. The molecule has 0 fully saturated rings. The summed E-state index contributed by atoms with van der Waals surface area (Å²) in [5.74, 6) is 0.866. The average Bonchev–Trinajstić information content (AvgIpc) is 2.53. The Kier molecular flexibility index (Phi) is 6.66. The van der Waals surface area contributed by atoms with E-state index in [0.29, 0.717) is 12.1 Å². The Morgan fingerprint density at radius 3 is 2.35 bits per heavy atom. The number of hydrogen-bond donors (Lipinski definition) is 1. The average molecular weight is 376 g/mol. The van der Waals surface area contributed by atoms with E-state index in [2.05, 4.69) is 33.4 Å². The number of carbonyl (C=O) groups excluding carboxylic acids is 1. The van der Waals surface area contributed by atoms with Gasteiger partial charge in [-0.15, -0.1) is 0 Å². The molecule has 0 unspecified atom stereocenters. The minimum Gasteiger partial charge on any atom is -0.491 e. The van der Waals surface area contributed by atoms with E-state index in [1.165, 1.54) is 5.56 Å². The smallest absolute Gasteiger partial charge is 0.251 e. The Morgan fingerprint density at radius 1 is 1.09 bits per heavy atom. The van der Waals surface area contributed by atoms with E-state index in [9.17, 15) is 4.79 Å². The number of nitrogens with one attached hydrogen (secondary N) is 1. The molecule has 0 bridgehead atoms. The van der Waals surface area contributed by atoms with Gasteiger partial charge in [-0.25, -0.2) is 0 Å². The fraction of sp³-hybridized carbons (Fsp3) is 0.316. The van der Waals surface area contributed by atoms with Crippen molar-refractivity contribution in [1.82, 2.24) is 5.32 Å². The molecular formula is C19H22BrNO2. The van der Waals surface area contributed by atoms with Gasteiger partial charge >= 0.3 is 0 Å². The SMILES string of the molecule is CC(C)Oc1ccc(CCCNC(=O)c2ccc(Br)cc2)cc1. The molecule has 0 aliphatic rings. The Morgan fingerprint density at radius 2 is 1.74 bits per heavy atom. The van der Waals surface area contributed by atoms with Gasteiger partial charge in [0.15, 0.2) is 0 Å². The van der Waals surface area contributed by atoms with Gasteiger partial charge in [0.25, 0.3) is 5.91 Å². The summed E-state index contributed by atoms with van der Waals surface area (Å²) in [4.78, 5) is 12.0. The topological polar surface area (TPSA) is 38.3 Å². The lowest BCUT2D eigenvalue weighted by Crippen LogP contribution is -2.24. The van der Waals surface area contributed by atoms with E-state index in [4.69, 9.17) is 4.74 Å². The fourth-order valence-electron chi connectivity index (χ4n) is 2.20. The van der Waals surface area contributed by atoms with Gasteiger partial charge in [-0.05, 0) is 68.7 Å². The van der Waals surface area contributed by atoms with Crippen molar-refractivity contribution >= 4 is 21.8 Å². The minimum atomic E-state index is -0.0295. The van der Waals surface area contributed by atoms with Gasteiger partial charge in [0.2, 0.25) is 0 Å². The molecule has 2 rings (SSSR count). The lowest BCUT2D eigenvalue weighted by atomic mass is 10.1. The Balaban J connectivity index is 1.72. The van der Waals surface area contributed by atoms with Gasteiger partial charge in [0.05, 0.1) is 6.10 Å². The van der Waals surface area contributed by atoms with E-state index in [1.807, 2.05) is 50.2 Å². The predicted octanol–water partition coefficient (Wildman–Crippen LogP) is 4.60. The van der Waals surface area contributed by atoms with Gasteiger partial charge in [0.1, 0.15) is 5.75 Å². The van der Waals surface area contributed by atoms with Gasteiger partial charge in [0, 0.05) is 16.6 Å². The number of ether oxygens (including phenoxy) is 1. The van der Waals surface area contributed by atoms with Crippen molar-refractivity contribution in [2.75, 3.05) is 6.54 Å². The Hall–Kier alpha value is -1.81. The standard InChI is InChI=1S/C19H22BrNO2/c1-14(2)23-18-11-5-15(6-12-18)4-3-13-21-19(22)16-7-9-17(20)10-8-16/h5-12,14H,3-4,13H2,1-2H3,(H,21,22). The zero-order valence-corrected chi connectivity index (χ0v) is 15.1. The molecular weight excluding hydrogens is 354 g/mol. The van der Waals surface area contributed by atoms with Crippen LogP contribution in [-0.4, -0.2) is 18.6 Å². The van der Waals surface area contributed by atoms with E-state index >= 15 is 0 Å². The molecule has 0 heterocycles. The third-order valence-corrected chi connectivity index (χ3v) is 3.86. The number of rotatable bonds is 7. The quantitative estimate of drug-likeness (QED) is 0.718. The number of amides is 1. The van der Waals surface area contributed by atoms with Crippen LogP contribution in [0.3, 0.4) is 0 Å². The summed E-state index contributed by atoms with van der Waals surface area (Å²) in [6.45, 7) is 4.70. The van der Waals surface area contributed by atoms with Crippen LogP contribution in [0.25, 0.3) is 0 Å². The van der Waals surface area contributed by atoms with E-state index < -0.39 is 0 Å². The van der Waals surface area contributed by atoms with Crippen molar-refractivity contribution in [3.8, 4) is 5.75 Å². The van der Waals surface area contributed by atoms with Crippen LogP contribution in [0, 0.1) is 0 Å². The van der Waals surface area contributed by atoms with Crippen LogP contribution < -0.4 is 10.1 Å². The highest BCUT2D eigenvalue weighted by molar-refractivity contribution is 9.10. The van der Waals surface area contributed by atoms with Crippen LogP contribution in [0.5, 0.6) is 5.75 Å². The molecule has 2 aromatic rings. The molecule has 1 N–H and O–H groups in total. The third-order valence-electron chi connectivity index (χ3n) is 3.33. The third kappa shape index (κ3) is 6.06. The molecule has 0 aliphatic heterocycles. The summed E-state index contributed by atoms with van der Waals surface area (Å²) in [5, 5.41) is 2.95. The number of aryl methyl sites for hydroxylation is 1. The van der Waals surface area contributed by atoms with Crippen molar-refractivity contribution in [1.29, 1.82) is 0 Å². The lowest BCUT2D eigenvalue weighted by Gasteiger charge is -2.10. The highest BCUT2D eigenvalue weighted by Crippen LogP contribution is 2.15. The van der Waals surface area contributed by atoms with Crippen molar-refractivity contribution < 1.29 is 9.53 Å². The molecule has 122 valence electrons. The van der Waals surface area contributed by atoms with Gasteiger partial charge < -0.3 is 10.1 Å². The molecule has 2 aromatic carbocycles. The maximum absolute atomic E-state index is 12.0. The van der Waals surface area contributed by atoms with Crippen molar-refractivity contribution in [3.63, 3.8) is 0 Å². The minimum absolute atomic E-state index is 0.0295. The number of halogens is 1. The summed E-state index contributed by atoms with van der Waals surface area (Å²) >= 11 is 3.36. The van der Waals surface area contributed by atoms with Crippen molar-refractivity contribution in [2.45, 2.75) is 32.8 Å². The second-order valence-corrected chi connectivity index (χ2v) is 6.59. The van der Waals surface area contributed by atoms with Gasteiger partial charge in [-0.3, -0.25) is 4.79 Å². The zero-order chi connectivity index (χ0) is 16.7. The maximum atomic E-state index is 12.0. The monoisotopic (exact) mass is 375 g/mol. The molecule has 3 nitrogen and oxygen atoms in total. The number of hydrogen-bond acceptors (Lipinski definition) is 2. The molecule has 4 heteroatoms. The van der Waals surface area contributed by atoms with Crippen LogP contribution in [0.4, 0.5) is 0 Å². The normalized spacial score (nSPS) is 10.6. The fourth-order valence-corrected chi connectivity index (χ4v) is 2.47. The summed E-state index contributed by atoms with van der Waals surface area (Å²) in [6.07, 6.45) is 2.03. The first-order chi connectivity index (χ1) is 11.0. The number of benzene rings is 2.